The molecule has 6 nitrogen and oxygen atoms in total. The van der Waals surface area contributed by atoms with Crippen LogP contribution in [0, 0.1) is 0 Å². The van der Waals surface area contributed by atoms with Crippen molar-refractivity contribution >= 4 is 28.2 Å². The minimum Gasteiger partial charge on any atom is -0.497 e. The van der Waals surface area contributed by atoms with Crippen molar-refractivity contribution in [2.75, 3.05) is 17.7 Å². The van der Waals surface area contributed by atoms with Gasteiger partial charge in [0.1, 0.15) is 5.75 Å². The zero-order valence-corrected chi connectivity index (χ0v) is 16.7. The lowest BCUT2D eigenvalue weighted by molar-refractivity contribution is -0.137. The van der Waals surface area contributed by atoms with Crippen LogP contribution in [-0.2, 0) is 12.6 Å². The molecule has 0 aliphatic heterocycles. The highest BCUT2D eigenvalue weighted by Gasteiger charge is 2.30. The van der Waals surface area contributed by atoms with Crippen molar-refractivity contribution in [1.29, 1.82) is 0 Å². The molecule has 3 aromatic rings. The topological polar surface area (TPSA) is 89.3 Å². The van der Waals surface area contributed by atoms with Crippen LogP contribution in [0.5, 0.6) is 5.75 Å². The number of nitrogens with two attached hydrogens (primary N) is 1. The Morgan fingerprint density at radius 1 is 1.20 bits per heavy atom. The standard InChI is InChI=1S/C20H19F3N4O2S/c1-29-15-7-5-12(6-8-15)9-16(24)17-11-30-19(26-17)27-18(28)25-14-4-2-3-13(10-14)20(21,22)23/h2-8,10-11,16H,9,24H2,1H3,(H2,25,26,27,28). The van der Waals surface area contributed by atoms with Gasteiger partial charge < -0.3 is 15.8 Å². The van der Waals surface area contributed by atoms with Crippen molar-refractivity contribution in [2.45, 2.75) is 18.6 Å². The van der Waals surface area contributed by atoms with Crippen LogP contribution in [0.2, 0.25) is 0 Å². The van der Waals surface area contributed by atoms with Gasteiger partial charge in [0.05, 0.1) is 24.4 Å². The fraction of sp³-hybridized carbons (Fsp3) is 0.200. The van der Waals surface area contributed by atoms with Gasteiger partial charge in [0.15, 0.2) is 5.13 Å². The third kappa shape index (κ3) is 5.71. The number of alkyl halides is 3. The van der Waals surface area contributed by atoms with Crippen LogP contribution in [0.15, 0.2) is 53.9 Å². The summed E-state index contributed by atoms with van der Waals surface area (Å²) in [6.07, 6.45) is -3.94. The molecular weight excluding hydrogens is 417 g/mol. The van der Waals surface area contributed by atoms with Crippen molar-refractivity contribution < 1.29 is 22.7 Å². The summed E-state index contributed by atoms with van der Waals surface area (Å²) in [4.78, 5) is 16.4. The molecule has 0 fully saturated rings. The summed E-state index contributed by atoms with van der Waals surface area (Å²) in [6.45, 7) is 0. The molecule has 10 heteroatoms. The van der Waals surface area contributed by atoms with Crippen molar-refractivity contribution in [3.63, 3.8) is 0 Å². The predicted octanol–water partition coefficient (Wildman–Crippen LogP) is 5.06. The number of methoxy groups -OCH3 is 1. The molecule has 0 saturated heterocycles. The average molecular weight is 436 g/mol. The van der Waals surface area contributed by atoms with Crippen LogP contribution in [0.4, 0.5) is 28.8 Å². The number of carbonyl (C=O) groups is 1. The number of halogens is 3. The first-order valence-corrected chi connectivity index (χ1v) is 9.72. The van der Waals surface area contributed by atoms with Crippen molar-refractivity contribution in [3.8, 4) is 5.75 Å². The fourth-order valence-corrected chi connectivity index (χ4v) is 3.44. The van der Waals surface area contributed by atoms with E-state index in [9.17, 15) is 18.0 Å². The number of thiazole rings is 1. The van der Waals surface area contributed by atoms with Gasteiger partial charge in [-0.2, -0.15) is 13.2 Å². The molecule has 0 aliphatic rings. The SMILES string of the molecule is COc1ccc(CC(N)c2csc(NC(=O)Nc3cccc(C(F)(F)F)c3)n2)cc1. The van der Waals surface area contributed by atoms with Crippen molar-refractivity contribution in [3.05, 3.63) is 70.7 Å². The van der Waals surface area contributed by atoms with Crippen LogP contribution in [0.3, 0.4) is 0 Å². The Bertz CT molecular complexity index is 1010. The fourth-order valence-electron chi connectivity index (χ4n) is 2.67. The second-order valence-corrected chi connectivity index (χ2v) is 7.25. The van der Waals surface area contributed by atoms with Gasteiger partial charge in [0.25, 0.3) is 0 Å². The number of hydrogen-bond donors (Lipinski definition) is 3. The summed E-state index contributed by atoms with van der Waals surface area (Å²) in [7, 11) is 1.59. The zero-order valence-electron chi connectivity index (χ0n) is 15.9. The van der Waals surface area contributed by atoms with Gasteiger partial charge in [-0.05, 0) is 42.3 Å². The lowest BCUT2D eigenvalue weighted by Gasteiger charge is -2.10. The molecule has 0 bridgehead atoms. The summed E-state index contributed by atoms with van der Waals surface area (Å²) in [5.41, 5.74) is 6.99. The van der Waals surface area contributed by atoms with Gasteiger partial charge in [-0.3, -0.25) is 5.32 Å². The number of nitrogens with zero attached hydrogens (tertiary/aromatic N) is 1. The molecule has 1 aromatic heterocycles. The smallest absolute Gasteiger partial charge is 0.416 e. The predicted molar refractivity (Wildman–Crippen MR) is 110 cm³/mol. The molecule has 3 rings (SSSR count). The quantitative estimate of drug-likeness (QED) is 0.504. The van der Waals surface area contributed by atoms with E-state index in [1.165, 1.54) is 23.5 Å². The van der Waals surface area contributed by atoms with Gasteiger partial charge in [-0.25, -0.2) is 9.78 Å². The first-order chi connectivity index (χ1) is 14.2. The third-order valence-corrected chi connectivity index (χ3v) is 4.96. The second kappa shape index (κ2) is 9.14. The maximum atomic E-state index is 12.8. The third-order valence-electron chi connectivity index (χ3n) is 4.18. The van der Waals surface area contributed by atoms with Crippen LogP contribution >= 0.6 is 11.3 Å². The highest BCUT2D eigenvalue weighted by Crippen LogP contribution is 2.30. The van der Waals surface area contributed by atoms with E-state index >= 15 is 0 Å². The van der Waals surface area contributed by atoms with E-state index < -0.39 is 17.8 Å². The molecule has 30 heavy (non-hydrogen) atoms. The Balaban J connectivity index is 1.58. The number of anilines is 2. The highest BCUT2D eigenvalue weighted by atomic mass is 32.1. The van der Waals surface area contributed by atoms with Crippen molar-refractivity contribution in [1.82, 2.24) is 4.98 Å². The molecule has 0 aliphatic carbocycles. The van der Waals surface area contributed by atoms with Crippen LogP contribution in [0.25, 0.3) is 0 Å². The minimum atomic E-state index is -4.49. The van der Waals surface area contributed by atoms with E-state index in [0.717, 1.165) is 23.4 Å². The van der Waals surface area contributed by atoms with Gasteiger partial charge in [0.2, 0.25) is 0 Å². The van der Waals surface area contributed by atoms with E-state index in [1.807, 2.05) is 24.3 Å². The normalized spacial score (nSPS) is 12.3. The van der Waals surface area contributed by atoms with Gasteiger partial charge >= 0.3 is 12.2 Å². The first-order valence-electron chi connectivity index (χ1n) is 8.84. The Morgan fingerprint density at radius 2 is 1.93 bits per heavy atom. The number of nitrogens with one attached hydrogen (secondary N) is 2. The number of ether oxygens (including phenoxy) is 1. The first kappa shape index (κ1) is 21.6. The lowest BCUT2D eigenvalue weighted by atomic mass is 10.0. The Hall–Kier alpha value is -3.11. The van der Waals surface area contributed by atoms with Crippen LogP contribution < -0.4 is 21.1 Å². The maximum absolute atomic E-state index is 12.8. The van der Waals surface area contributed by atoms with Crippen LogP contribution in [0.1, 0.15) is 22.9 Å². The molecule has 158 valence electrons. The summed E-state index contributed by atoms with van der Waals surface area (Å²) in [5, 5.41) is 6.89. The number of rotatable bonds is 6. The molecule has 2 amide bonds. The van der Waals surface area contributed by atoms with E-state index in [4.69, 9.17) is 10.5 Å². The molecule has 1 heterocycles. The Morgan fingerprint density at radius 3 is 2.60 bits per heavy atom. The Labute approximate surface area is 174 Å². The Kier molecular flexibility index (Phi) is 6.58. The summed E-state index contributed by atoms with van der Waals surface area (Å²) >= 11 is 1.18. The molecule has 1 atom stereocenters. The number of amides is 2. The summed E-state index contributed by atoms with van der Waals surface area (Å²) < 4.78 is 43.4. The molecule has 4 N–H and O–H groups in total. The minimum absolute atomic E-state index is 0.0234. The number of aromatic nitrogens is 1. The van der Waals surface area contributed by atoms with E-state index in [0.29, 0.717) is 17.2 Å². The van der Waals surface area contributed by atoms with Gasteiger partial charge in [0, 0.05) is 11.1 Å². The maximum Gasteiger partial charge on any atom is 0.416 e. The number of hydrogen-bond acceptors (Lipinski definition) is 5. The molecule has 1 unspecified atom stereocenters. The van der Waals surface area contributed by atoms with E-state index in [-0.39, 0.29) is 11.7 Å². The van der Waals surface area contributed by atoms with E-state index in [1.54, 1.807) is 12.5 Å². The zero-order chi connectivity index (χ0) is 21.7. The molecule has 0 radical (unpaired) electrons. The number of benzene rings is 2. The number of carbonyl (C=O) groups excluding carboxylic acids is 1. The molecular formula is C20H19F3N4O2S. The summed E-state index contributed by atoms with van der Waals surface area (Å²) in [6, 6.07) is 10.8. The van der Waals surface area contributed by atoms with Crippen molar-refractivity contribution in [2.24, 2.45) is 5.73 Å². The largest absolute Gasteiger partial charge is 0.497 e. The molecule has 0 spiro atoms. The summed E-state index contributed by atoms with van der Waals surface area (Å²) in [5.74, 6) is 0.749. The van der Waals surface area contributed by atoms with Gasteiger partial charge in [-0.15, -0.1) is 11.3 Å². The van der Waals surface area contributed by atoms with Gasteiger partial charge in [-0.1, -0.05) is 18.2 Å². The average Bonchev–Trinajstić information content (AvgIpc) is 3.16. The van der Waals surface area contributed by atoms with E-state index in [2.05, 4.69) is 15.6 Å². The second-order valence-electron chi connectivity index (χ2n) is 6.39. The molecule has 0 saturated carbocycles. The lowest BCUT2D eigenvalue weighted by Crippen LogP contribution is -2.20. The number of urea groups is 1. The highest BCUT2D eigenvalue weighted by molar-refractivity contribution is 7.13. The van der Waals surface area contributed by atoms with Crippen LogP contribution in [-0.4, -0.2) is 18.1 Å². The monoisotopic (exact) mass is 436 g/mol. The molecule has 2 aromatic carbocycles.